The molecule has 0 unspecified atom stereocenters. The second-order valence-corrected chi connectivity index (χ2v) is 6.96. The van der Waals surface area contributed by atoms with Crippen LogP contribution in [0.3, 0.4) is 0 Å². The summed E-state index contributed by atoms with van der Waals surface area (Å²) in [5.41, 5.74) is 7.74. The monoisotopic (exact) mass is 343 g/mol. The zero-order valence-corrected chi connectivity index (χ0v) is 14.2. The molecule has 0 aliphatic carbocycles. The lowest BCUT2D eigenvalue weighted by Crippen LogP contribution is -2.35. The third-order valence-electron chi connectivity index (χ3n) is 4.31. The molecule has 0 bridgehead atoms. The van der Waals surface area contributed by atoms with E-state index in [9.17, 15) is 9.59 Å². The number of nitrogens with two attached hydrogens (primary N) is 1. The highest BCUT2D eigenvalue weighted by atomic mass is 32.1. The van der Waals surface area contributed by atoms with Crippen molar-refractivity contribution in [1.82, 2.24) is 10.6 Å². The van der Waals surface area contributed by atoms with E-state index in [1.165, 1.54) is 11.3 Å². The number of nitrogens with one attached hydrogen (secondary N) is 2. The predicted octanol–water partition coefficient (Wildman–Crippen LogP) is 2.24. The summed E-state index contributed by atoms with van der Waals surface area (Å²) >= 11 is 1.31. The van der Waals surface area contributed by atoms with Crippen LogP contribution in [0.4, 0.5) is 0 Å². The zero-order valence-electron chi connectivity index (χ0n) is 13.4. The lowest BCUT2D eigenvalue weighted by molar-refractivity contribution is 0.0943. The lowest BCUT2D eigenvalue weighted by atomic mass is 9.98. The first-order chi connectivity index (χ1) is 11.6. The Morgan fingerprint density at radius 1 is 1.21 bits per heavy atom. The smallest absolute Gasteiger partial charge is 0.258 e. The van der Waals surface area contributed by atoms with Gasteiger partial charge in [0.1, 0.15) is 0 Å². The minimum Gasteiger partial charge on any atom is -0.365 e. The van der Waals surface area contributed by atoms with E-state index < -0.39 is 5.91 Å². The van der Waals surface area contributed by atoms with Crippen molar-refractivity contribution in [2.75, 3.05) is 19.6 Å². The number of hydrogen-bond acceptors (Lipinski definition) is 4. The van der Waals surface area contributed by atoms with E-state index in [-0.39, 0.29) is 5.91 Å². The second-order valence-electron chi connectivity index (χ2n) is 6.05. The standard InChI is InChI=1S/C18H21N3O2S/c19-17(22)16-9-15(11-24-16)13-2-1-3-14(8-13)18(23)21-10-12-4-6-20-7-5-12/h1-3,8-9,11-12,20H,4-7,10H2,(H2,19,22)(H,21,23). The molecule has 2 aromatic rings. The molecule has 3 rings (SSSR count). The topological polar surface area (TPSA) is 84.2 Å². The van der Waals surface area contributed by atoms with Gasteiger partial charge in [-0.05, 0) is 66.6 Å². The highest BCUT2D eigenvalue weighted by Crippen LogP contribution is 2.26. The number of carbonyl (C=O) groups excluding carboxylic acids is 2. The van der Waals surface area contributed by atoms with Crippen molar-refractivity contribution in [3.63, 3.8) is 0 Å². The average Bonchev–Trinajstić information content (AvgIpc) is 3.11. The van der Waals surface area contributed by atoms with Crippen LogP contribution in [0.5, 0.6) is 0 Å². The van der Waals surface area contributed by atoms with Gasteiger partial charge in [0.2, 0.25) is 0 Å². The Kier molecular flexibility index (Phi) is 5.27. The maximum atomic E-state index is 12.4. The van der Waals surface area contributed by atoms with Crippen molar-refractivity contribution in [2.24, 2.45) is 11.7 Å². The van der Waals surface area contributed by atoms with Gasteiger partial charge in [-0.25, -0.2) is 0 Å². The van der Waals surface area contributed by atoms with Crippen molar-refractivity contribution < 1.29 is 9.59 Å². The van der Waals surface area contributed by atoms with Crippen molar-refractivity contribution in [1.29, 1.82) is 0 Å². The quantitative estimate of drug-likeness (QED) is 0.778. The predicted molar refractivity (Wildman–Crippen MR) is 96.2 cm³/mol. The molecule has 0 spiro atoms. The van der Waals surface area contributed by atoms with Crippen LogP contribution < -0.4 is 16.4 Å². The van der Waals surface area contributed by atoms with Crippen LogP contribution in [0.1, 0.15) is 32.9 Å². The van der Waals surface area contributed by atoms with Gasteiger partial charge in [-0.1, -0.05) is 12.1 Å². The maximum Gasteiger partial charge on any atom is 0.258 e. The Labute approximate surface area is 145 Å². The number of carbonyl (C=O) groups is 2. The van der Waals surface area contributed by atoms with E-state index in [4.69, 9.17) is 5.73 Å². The van der Waals surface area contributed by atoms with Crippen LogP contribution in [0.25, 0.3) is 11.1 Å². The molecule has 1 fully saturated rings. The third kappa shape index (κ3) is 4.01. The summed E-state index contributed by atoms with van der Waals surface area (Å²) in [6.07, 6.45) is 2.20. The Morgan fingerprint density at radius 2 is 2.00 bits per heavy atom. The fraction of sp³-hybridized carbons (Fsp3) is 0.333. The van der Waals surface area contributed by atoms with E-state index in [1.54, 1.807) is 6.07 Å². The first kappa shape index (κ1) is 16.7. The third-order valence-corrected chi connectivity index (χ3v) is 5.26. The molecule has 1 aromatic carbocycles. The molecule has 5 nitrogen and oxygen atoms in total. The lowest BCUT2D eigenvalue weighted by Gasteiger charge is -2.22. The number of thiophene rings is 1. The normalized spacial score (nSPS) is 15.2. The number of primary amides is 1. The van der Waals surface area contributed by atoms with Crippen LogP contribution in [0.2, 0.25) is 0 Å². The van der Waals surface area contributed by atoms with Gasteiger partial charge >= 0.3 is 0 Å². The zero-order chi connectivity index (χ0) is 16.9. The van der Waals surface area contributed by atoms with Crippen molar-refractivity contribution in [3.05, 3.63) is 46.2 Å². The number of piperidine rings is 1. The molecule has 1 saturated heterocycles. The summed E-state index contributed by atoms with van der Waals surface area (Å²) in [5.74, 6) is 0.0660. The first-order valence-corrected chi connectivity index (χ1v) is 8.99. The fourth-order valence-corrected chi connectivity index (χ4v) is 3.65. The molecule has 0 saturated carbocycles. The Hall–Kier alpha value is -2.18. The van der Waals surface area contributed by atoms with E-state index in [0.717, 1.165) is 43.6 Å². The molecule has 0 radical (unpaired) electrons. The molecule has 2 amide bonds. The van der Waals surface area contributed by atoms with Crippen molar-refractivity contribution in [3.8, 4) is 11.1 Å². The van der Waals surface area contributed by atoms with Crippen LogP contribution in [0, 0.1) is 5.92 Å². The highest BCUT2D eigenvalue weighted by molar-refractivity contribution is 7.12. The first-order valence-electron chi connectivity index (χ1n) is 8.11. The molecule has 0 atom stereocenters. The van der Waals surface area contributed by atoms with Crippen LogP contribution >= 0.6 is 11.3 Å². The van der Waals surface area contributed by atoms with Crippen LogP contribution in [0.15, 0.2) is 35.7 Å². The van der Waals surface area contributed by atoms with Crippen LogP contribution in [-0.2, 0) is 0 Å². The summed E-state index contributed by atoms with van der Waals surface area (Å²) in [6.45, 7) is 2.77. The van der Waals surface area contributed by atoms with Gasteiger partial charge < -0.3 is 16.4 Å². The molecule has 4 N–H and O–H groups in total. The molecular formula is C18H21N3O2S. The summed E-state index contributed by atoms with van der Waals surface area (Å²) in [5, 5.41) is 8.24. The summed E-state index contributed by atoms with van der Waals surface area (Å²) < 4.78 is 0. The molecule has 2 heterocycles. The average molecular weight is 343 g/mol. The maximum absolute atomic E-state index is 12.4. The van der Waals surface area contributed by atoms with Gasteiger partial charge in [0, 0.05) is 12.1 Å². The molecule has 1 aliphatic rings. The van der Waals surface area contributed by atoms with E-state index in [0.29, 0.717) is 16.4 Å². The molecule has 6 heteroatoms. The summed E-state index contributed by atoms with van der Waals surface area (Å²) in [4.78, 5) is 24.1. The largest absolute Gasteiger partial charge is 0.365 e. The van der Waals surface area contributed by atoms with Gasteiger partial charge in [0.05, 0.1) is 4.88 Å². The fourth-order valence-electron chi connectivity index (χ4n) is 2.88. The Balaban J connectivity index is 1.67. The minimum atomic E-state index is -0.429. The minimum absolute atomic E-state index is 0.0549. The number of amides is 2. The van der Waals surface area contributed by atoms with Gasteiger partial charge in [-0.15, -0.1) is 11.3 Å². The van der Waals surface area contributed by atoms with Crippen molar-refractivity contribution in [2.45, 2.75) is 12.8 Å². The summed E-state index contributed by atoms with van der Waals surface area (Å²) in [6, 6.07) is 9.21. The number of hydrogen-bond donors (Lipinski definition) is 3. The van der Waals surface area contributed by atoms with Crippen LogP contribution in [-0.4, -0.2) is 31.4 Å². The number of rotatable bonds is 5. The van der Waals surface area contributed by atoms with E-state index in [2.05, 4.69) is 10.6 Å². The number of benzene rings is 1. The highest BCUT2D eigenvalue weighted by Gasteiger charge is 2.15. The molecule has 1 aromatic heterocycles. The van der Waals surface area contributed by atoms with Gasteiger partial charge in [0.25, 0.3) is 11.8 Å². The van der Waals surface area contributed by atoms with Gasteiger partial charge in [0.15, 0.2) is 0 Å². The second kappa shape index (κ2) is 7.59. The Morgan fingerprint density at radius 3 is 2.71 bits per heavy atom. The van der Waals surface area contributed by atoms with E-state index in [1.807, 2.05) is 29.6 Å². The Bertz CT molecular complexity index is 735. The van der Waals surface area contributed by atoms with Gasteiger partial charge in [-0.2, -0.15) is 0 Å². The van der Waals surface area contributed by atoms with Crippen molar-refractivity contribution >= 4 is 23.2 Å². The molecule has 1 aliphatic heterocycles. The van der Waals surface area contributed by atoms with Gasteiger partial charge in [-0.3, -0.25) is 9.59 Å². The molecule has 126 valence electrons. The molecule has 24 heavy (non-hydrogen) atoms. The molecular weight excluding hydrogens is 322 g/mol. The van der Waals surface area contributed by atoms with E-state index >= 15 is 0 Å². The SMILES string of the molecule is NC(=O)c1cc(-c2cccc(C(=O)NCC3CCNCC3)c2)cs1. The summed E-state index contributed by atoms with van der Waals surface area (Å²) in [7, 11) is 0.